The lowest BCUT2D eigenvalue weighted by Crippen LogP contribution is -2.47. The quantitative estimate of drug-likeness (QED) is 0.644. The normalized spacial score (nSPS) is 25.0. The number of benzene rings is 1. The number of primary amides is 1. The van der Waals surface area contributed by atoms with Crippen LogP contribution in [0, 0.1) is 17.6 Å². The summed E-state index contributed by atoms with van der Waals surface area (Å²) in [4.78, 5) is 31.7. The zero-order chi connectivity index (χ0) is 24.7. The molecule has 2 aromatic rings. The molecule has 0 bridgehead atoms. The summed E-state index contributed by atoms with van der Waals surface area (Å²) in [7, 11) is 1.02. The molecule has 0 aliphatic carbocycles. The Morgan fingerprint density at radius 3 is 2.48 bits per heavy atom. The molecule has 1 fully saturated rings. The third-order valence-electron chi connectivity index (χ3n) is 5.71. The van der Waals surface area contributed by atoms with Gasteiger partial charge in [0, 0.05) is 17.4 Å². The van der Waals surface area contributed by atoms with Gasteiger partial charge in [0.15, 0.2) is 23.0 Å². The van der Waals surface area contributed by atoms with E-state index in [2.05, 4.69) is 15.3 Å². The number of methoxy groups -OCH3 is 1. The second-order valence-corrected chi connectivity index (χ2v) is 7.58. The molecule has 1 aliphatic rings. The van der Waals surface area contributed by atoms with E-state index in [0.717, 1.165) is 38.6 Å². The van der Waals surface area contributed by atoms with E-state index in [1.165, 1.54) is 6.92 Å². The highest BCUT2D eigenvalue weighted by Gasteiger charge is 2.65. The SMILES string of the molecule is COc1c([C@H]2[C@@H](C(=O)Nc3cncc(C(N)=O)n3)O[C@](C)(C(F)(F)F)[C@@H]2C)ccc(F)c1F. The van der Waals surface area contributed by atoms with Crippen molar-refractivity contribution < 1.29 is 41.0 Å². The largest absolute Gasteiger partial charge is 0.493 e. The number of alkyl halides is 3. The summed E-state index contributed by atoms with van der Waals surface area (Å²) in [5.41, 5.74) is 1.82. The molecule has 13 heteroatoms. The summed E-state index contributed by atoms with van der Waals surface area (Å²) in [5.74, 6) is -8.45. The average Bonchev–Trinajstić information content (AvgIpc) is 3.02. The predicted molar refractivity (Wildman–Crippen MR) is 103 cm³/mol. The lowest BCUT2D eigenvalue weighted by atomic mass is 9.77. The lowest BCUT2D eigenvalue weighted by Gasteiger charge is -2.32. The first-order valence-corrected chi connectivity index (χ1v) is 9.51. The molecule has 4 atom stereocenters. The number of hydrogen-bond acceptors (Lipinski definition) is 6. The van der Waals surface area contributed by atoms with E-state index in [4.69, 9.17) is 15.2 Å². The van der Waals surface area contributed by atoms with E-state index in [9.17, 15) is 31.5 Å². The van der Waals surface area contributed by atoms with Crippen molar-refractivity contribution in [3.8, 4) is 5.75 Å². The Bertz CT molecular complexity index is 1100. The van der Waals surface area contributed by atoms with Gasteiger partial charge in [0.05, 0.1) is 19.5 Å². The van der Waals surface area contributed by atoms with Gasteiger partial charge in [0.1, 0.15) is 11.8 Å². The fourth-order valence-corrected chi connectivity index (χ4v) is 3.78. The van der Waals surface area contributed by atoms with Gasteiger partial charge in [0.2, 0.25) is 5.82 Å². The van der Waals surface area contributed by atoms with Crippen LogP contribution in [0.5, 0.6) is 5.75 Å². The molecule has 1 saturated heterocycles. The van der Waals surface area contributed by atoms with E-state index in [1.54, 1.807) is 0 Å². The van der Waals surface area contributed by atoms with E-state index in [1.807, 2.05) is 0 Å². The van der Waals surface area contributed by atoms with Crippen LogP contribution in [0.2, 0.25) is 0 Å². The van der Waals surface area contributed by atoms with E-state index in [-0.39, 0.29) is 17.1 Å². The van der Waals surface area contributed by atoms with Gasteiger partial charge in [-0.1, -0.05) is 13.0 Å². The number of ether oxygens (including phenoxy) is 2. The molecule has 1 aliphatic heterocycles. The summed E-state index contributed by atoms with van der Waals surface area (Å²) in [6.45, 7) is 1.94. The molecular weight excluding hydrogens is 455 g/mol. The molecule has 178 valence electrons. The topological polar surface area (TPSA) is 116 Å². The second-order valence-electron chi connectivity index (χ2n) is 7.58. The Hall–Kier alpha value is -3.35. The van der Waals surface area contributed by atoms with Gasteiger partial charge in [-0.2, -0.15) is 17.6 Å². The Morgan fingerprint density at radius 2 is 1.91 bits per heavy atom. The maximum atomic E-state index is 14.3. The number of nitrogens with one attached hydrogen (secondary N) is 1. The Labute approximate surface area is 184 Å². The molecule has 8 nitrogen and oxygen atoms in total. The minimum absolute atomic E-state index is 0.186. The summed E-state index contributed by atoms with van der Waals surface area (Å²) in [6, 6.07) is 1.76. The number of amides is 2. The standard InChI is InChI=1S/C20H19F5N4O4/c1-8-13(9-4-5-10(21)14(22)15(9)32-3)16(33-19(8,2)20(23,24)25)18(31)29-12-7-27-6-11(28-12)17(26)30/h4-8,13,16H,1-3H3,(H2,26,30)(H,28,29,31)/t8-,13+,16+,19+/m1/s1. The van der Waals surface area contributed by atoms with Gasteiger partial charge in [-0.15, -0.1) is 0 Å². The van der Waals surface area contributed by atoms with Crippen molar-refractivity contribution in [1.29, 1.82) is 0 Å². The fraction of sp³-hybridized carbons (Fsp3) is 0.400. The van der Waals surface area contributed by atoms with Crippen molar-refractivity contribution in [2.24, 2.45) is 11.7 Å². The molecular formula is C20H19F5N4O4. The summed E-state index contributed by atoms with van der Waals surface area (Å²) < 4.78 is 79.9. The first kappa shape index (κ1) is 24.3. The highest BCUT2D eigenvalue weighted by atomic mass is 19.4. The molecule has 3 rings (SSSR count). The van der Waals surface area contributed by atoms with Crippen LogP contribution >= 0.6 is 0 Å². The monoisotopic (exact) mass is 474 g/mol. The highest BCUT2D eigenvalue weighted by molar-refractivity contribution is 5.95. The maximum Gasteiger partial charge on any atom is 0.417 e. The molecule has 2 heterocycles. The summed E-state index contributed by atoms with van der Waals surface area (Å²) in [5, 5.41) is 2.23. The third kappa shape index (κ3) is 4.19. The molecule has 33 heavy (non-hydrogen) atoms. The first-order valence-electron chi connectivity index (χ1n) is 9.51. The molecule has 1 aromatic heterocycles. The molecule has 3 N–H and O–H groups in total. The van der Waals surface area contributed by atoms with Gasteiger partial charge < -0.3 is 20.5 Å². The number of nitrogens with zero attached hydrogens (tertiary/aromatic N) is 2. The van der Waals surface area contributed by atoms with Crippen molar-refractivity contribution >= 4 is 17.6 Å². The van der Waals surface area contributed by atoms with Crippen molar-refractivity contribution in [1.82, 2.24) is 9.97 Å². The smallest absolute Gasteiger partial charge is 0.417 e. The van der Waals surface area contributed by atoms with E-state index in [0.29, 0.717) is 0 Å². The first-order chi connectivity index (χ1) is 15.3. The van der Waals surface area contributed by atoms with Crippen LogP contribution in [0.25, 0.3) is 0 Å². The number of halogens is 5. The van der Waals surface area contributed by atoms with Crippen LogP contribution < -0.4 is 15.8 Å². The maximum absolute atomic E-state index is 14.3. The summed E-state index contributed by atoms with van der Waals surface area (Å²) >= 11 is 0. The van der Waals surface area contributed by atoms with Gasteiger partial charge in [-0.25, -0.2) is 9.37 Å². The van der Waals surface area contributed by atoms with Gasteiger partial charge in [-0.05, 0) is 13.0 Å². The summed E-state index contributed by atoms with van der Waals surface area (Å²) in [6.07, 6.45) is -4.65. The van der Waals surface area contributed by atoms with Crippen LogP contribution in [-0.4, -0.2) is 46.8 Å². The predicted octanol–water partition coefficient (Wildman–Crippen LogP) is 2.94. The lowest BCUT2D eigenvalue weighted by molar-refractivity contribution is -0.272. The van der Waals surface area contributed by atoms with E-state index < -0.39 is 58.9 Å². The van der Waals surface area contributed by atoms with Crippen LogP contribution in [0.3, 0.4) is 0 Å². The number of carbonyl (C=O) groups excluding carboxylic acids is 2. The zero-order valence-corrected chi connectivity index (χ0v) is 17.5. The van der Waals surface area contributed by atoms with Crippen LogP contribution in [-0.2, 0) is 9.53 Å². The Balaban J connectivity index is 2.07. The molecule has 0 spiro atoms. The molecule has 0 radical (unpaired) electrons. The van der Waals surface area contributed by atoms with Crippen LogP contribution in [0.4, 0.5) is 27.8 Å². The van der Waals surface area contributed by atoms with Crippen LogP contribution in [0.15, 0.2) is 24.5 Å². The van der Waals surface area contributed by atoms with E-state index >= 15 is 0 Å². The van der Waals surface area contributed by atoms with Gasteiger partial charge >= 0.3 is 6.18 Å². The molecule has 1 aromatic carbocycles. The highest BCUT2D eigenvalue weighted by Crippen LogP contribution is 2.54. The zero-order valence-electron chi connectivity index (χ0n) is 17.5. The third-order valence-corrected chi connectivity index (χ3v) is 5.71. The number of nitrogens with two attached hydrogens (primary N) is 1. The van der Waals surface area contributed by atoms with Crippen molar-refractivity contribution in [3.63, 3.8) is 0 Å². The molecule has 2 amide bonds. The molecule has 0 saturated carbocycles. The minimum Gasteiger partial charge on any atom is -0.493 e. The van der Waals surface area contributed by atoms with Crippen molar-refractivity contribution in [3.05, 3.63) is 47.4 Å². The van der Waals surface area contributed by atoms with Gasteiger partial charge in [0.25, 0.3) is 11.8 Å². The van der Waals surface area contributed by atoms with Crippen LogP contribution in [0.1, 0.15) is 35.8 Å². The average molecular weight is 474 g/mol. The number of anilines is 1. The Morgan fingerprint density at radius 1 is 1.24 bits per heavy atom. The number of rotatable bonds is 5. The molecule has 0 unspecified atom stereocenters. The fourth-order valence-electron chi connectivity index (χ4n) is 3.78. The second kappa shape index (κ2) is 8.54. The number of carbonyl (C=O) groups is 2. The van der Waals surface area contributed by atoms with Crippen molar-refractivity contribution in [2.75, 3.05) is 12.4 Å². The van der Waals surface area contributed by atoms with Crippen molar-refractivity contribution in [2.45, 2.75) is 37.6 Å². The number of aromatic nitrogens is 2. The Kier molecular flexibility index (Phi) is 6.29. The minimum atomic E-state index is -4.91. The van der Waals surface area contributed by atoms with Gasteiger partial charge in [-0.3, -0.25) is 14.6 Å². The number of hydrogen-bond donors (Lipinski definition) is 2.